The van der Waals surface area contributed by atoms with Crippen molar-refractivity contribution >= 4 is 21.6 Å². The van der Waals surface area contributed by atoms with Crippen LogP contribution < -0.4 is 14.8 Å². The van der Waals surface area contributed by atoms with Gasteiger partial charge in [-0.25, -0.2) is 8.42 Å². The number of ether oxygens (including phenoxy) is 1. The van der Waals surface area contributed by atoms with Crippen molar-refractivity contribution < 1.29 is 17.9 Å². The minimum absolute atomic E-state index is 0.0828. The third-order valence-electron chi connectivity index (χ3n) is 5.07. The first-order valence-corrected chi connectivity index (χ1v) is 11.8. The zero-order chi connectivity index (χ0) is 23.3. The highest BCUT2D eigenvalue weighted by atomic mass is 32.2. The molecular formula is C25H28N2O4S. The van der Waals surface area contributed by atoms with Gasteiger partial charge in [-0.1, -0.05) is 24.3 Å². The molecule has 168 valence electrons. The van der Waals surface area contributed by atoms with E-state index in [1.807, 2.05) is 44.2 Å². The molecule has 0 bridgehead atoms. The Hall–Kier alpha value is -3.32. The molecule has 3 aromatic rings. The summed E-state index contributed by atoms with van der Waals surface area (Å²) in [5.74, 6) is 0.460. The second-order valence-electron chi connectivity index (χ2n) is 7.82. The number of carbonyl (C=O) groups excluding carboxylic acids is 1. The SMILES string of the molecule is COc1ccc(CCNC(=O)c2ccc(C)c(S(=O)(=O)Nc3cc(C)cc(C)c3)c2)cc1. The fourth-order valence-electron chi connectivity index (χ4n) is 3.49. The normalized spacial score (nSPS) is 11.1. The standard InChI is InChI=1S/C25H28N2O4S/c1-17-13-18(2)15-22(14-17)27-32(29,30)24-16-21(8-5-19(24)3)25(28)26-12-11-20-6-9-23(31-4)10-7-20/h5-10,13-16,27H,11-12H2,1-4H3,(H,26,28). The lowest BCUT2D eigenvalue weighted by molar-refractivity contribution is 0.0954. The summed E-state index contributed by atoms with van der Waals surface area (Å²) in [4.78, 5) is 12.7. The fourth-order valence-corrected chi connectivity index (χ4v) is 4.80. The molecule has 2 N–H and O–H groups in total. The highest BCUT2D eigenvalue weighted by Crippen LogP contribution is 2.22. The van der Waals surface area contributed by atoms with E-state index in [2.05, 4.69) is 10.0 Å². The number of methoxy groups -OCH3 is 1. The zero-order valence-corrected chi connectivity index (χ0v) is 19.5. The van der Waals surface area contributed by atoms with Crippen molar-refractivity contribution in [2.24, 2.45) is 0 Å². The van der Waals surface area contributed by atoms with Crippen LogP contribution in [0.5, 0.6) is 5.75 Å². The van der Waals surface area contributed by atoms with Gasteiger partial charge in [0.05, 0.1) is 12.0 Å². The molecule has 7 heteroatoms. The number of carbonyl (C=O) groups is 1. The van der Waals surface area contributed by atoms with Crippen molar-refractivity contribution in [3.63, 3.8) is 0 Å². The first-order chi connectivity index (χ1) is 15.2. The number of aryl methyl sites for hydroxylation is 3. The molecule has 0 saturated carbocycles. The largest absolute Gasteiger partial charge is 0.497 e. The Labute approximate surface area is 189 Å². The summed E-state index contributed by atoms with van der Waals surface area (Å²) in [6, 6.07) is 17.9. The van der Waals surface area contributed by atoms with Crippen LogP contribution in [0.1, 0.15) is 32.6 Å². The monoisotopic (exact) mass is 452 g/mol. The molecule has 0 aromatic heterocycles. The van der Waals surface area contributed by atoms with Crippen molar-refractivity contribution in [2.75, 3.05) is 18.4 Å². The summed E-state index contributed by atoms with van der Waals surface area (Å²) in [6.45, 7) is 5.96. The number of sulfonamides is 1. The maximum atomic E-state index is 13.0. The van der Waals surface area contributed by atoms with Crippen LogP contribution in [-0.4, -0.2) is 28.0 Å². The van der Waals surface area contributed by atoms with E-state index in [1.165, 1.54) is 6.07 Å². The van der Waals surface area contributed by atoms with Crippen molar-refractivity contribution in [1.29, 1.82) is 0 Å². The molecule has 1 amide bonds. The van der Waals surface area contributed by atoms with Gasteiger partial charge in [0.2, 0.25) is 0 Å². The number of hydrogen-bond acceptors (Lipinski definition) is 4. The van der Waals surface area contributed by atoms with E-state index < -0.39 is 10.0 Å². The van der Waals surface area contributed by atoms with Gasteiger partial charge in [0.25, 0.3) is 15.9 Å². The molecule has 0 fully saturated rings. The number of hydrogen-bond donors (Lipinski definition) is 2. The average molecular weight is 453 g/mol. The highest BCUT2D eigenvalue weighted by molar-refractivity contribution is 7.92. The Morgan fingerprint density at radius 3 is 2.19 bits per heavy atom. The van der Waals surface area contributed by atoms with Gasteiger partial charge in [-0.05, 0) is 85.8 Å². The molecule has 32 heavy (non-hydrogen) atoms. The van der Waals surface area contributed by atoms with Crippen LogP contribution in [-0.2, 0) is 16.4 Å². The molecule has 3 aromatic carbocycles. The lowest BCUT2D eigenvalue weighted by Gasteiger charge is -2.13. The Balaban J connectivity index is 1.71. The molecule has 0 unspecified atom stereocenters. The third kappa shape index (κ3) is 5.88. The van der Waals surface area contributed by atoms with Crippen molar-refractivity contribution in [3.05, 3.63) is 88.5 Å². The molecule has 6 nitrogen and oxygen atoms in total. The van der Waals surface area contributed by atoms with Crippen LogP contribution in [0.4, 0.5) is 5.69 Å². The van der Waals surface area contributed by atoms with Crippen molar-refractivity contribution in [3.8, 4) is 5.75 Å². The van der Waals surface area contributed by atoms with E-state index in [-0.39, 0.29) is 10.8 Å². The van der Waals surface area contributed by atoms with Crippen molar-refractivity contribution in [1.82, 2.24) is 5.32 Å². The summed E-state index contributed by atoms with van der Waals surface area (Å²) >= 11 is 0. The number of benzene rings is 3. The predicted octanol–water partition coefficient (Wildman–Crippen LogP) is 4.39. The minimum atomic E-state index is -3.85. The van der Waals surface area contributed by atoms with E-state index >= 15 is 0 Å². The van der Waals surface area contributed by atoms with E-state index in [0.717, 1.165) is 22.4 Å². The maximum Gasteiger partial charge on any atom is 0.262 e. The van der Waals surface area contributed by atoms with Gasteiger partial charge in [0.15, 0.2) is 0 Å². The molecule has 0 saturated heterocycles. The van der Waals surface area contributed by atoms with Gasteiger partial charge in [-0.2, -0.15) is 0 Å². The van der Waals surface area contributed by atoms with Crippen LogP contribution in [0.2, 0.25) is 0 Å². The summed E-state index contributed by atoms with van der Waals surface area (Å²) in [5, 5.41) is 2.85. The smallest absolute Gasteiger partial charge is 0.262 e. The summed E-state index contributed by atoms with van der Waals surface area (Å²) in [5.41, 5.74) is 4.35. The molecule has 0 radical (unpaired) electrons. The molecule has 0 aliphatic carbocycles. The number of anilines is 1. The Kier molecular flexibility index (Phi) is 7.20. The molecule has 3 rings (SSSR count). The summed E-state index contributed by atoms with van der Waals surface area (Å²) < 4.78 is 33.8. The predicted molar refractivity (Wildman–Crippen MR) is 127 cm³/mol. The van der Waals surface area contributed by atoms with Gasteiger partial charge in [-0.3, -0.25) is 9.52 Å². The van der Waals surface area contributed by atoms with Gasteiger partial charge >= 0.3 is 0 Å². The Bertz CT molecular complexity index is 1200. The van der Waals surface area contributed by atoms with Gasteiger partial charge < -0.3 is 10.1 Å². The minimum Gasteiger partial charge on any atom is -0.497 e. The Morgan fingerprint density at radius 1 is 0.906 bits per heavy atom. The van der Waals surface area contributed by atoms with Gasteiger partial charge in [0.1, 0.15) is 5.75 Å². The molecule has 0 spiro atoms. The van der Waals surface area contributed by atoms with E-state index in [1.54, 1.807) is 38.3 Å². The van der Waals surface area contributed by atoms with Crippen LogP contribution in [0.15, 0.2) is 65.6 Å². The number of nitrogens with one attached hydrogen (secondary N) is 2. The lowest BCUT2D eigenvalue weighted by atomic mass is 10.1. The average Bonchev–Trinajstić information content (AvgIpc) is 2.73. The lowest BCUT2D eigenvalue weighted by Crippen LogP contribution is -2.26. The molecule has 0 heterocycles. The third-order valence-corrected chi connectivity index (χ3v) is 6.60. The van der Waals surface area contributed by atoms with E-state index in [0.29, 0.717) is 29.8 Å². The second-order valence-corrected chi connectivity index (χ2v) is 9.47. The molecular weight excluding hydrogens is 424 g/mol. The van der Waals surface area contributed by atoms with Crippen LogP contribution in [0.25, 0.3) is 0 Å². The second kappa shape index (κ2) is 9.87. The van der Waals surface area contributed by atoms with Crippen LogP contribution >= 0.6 is 0 Å². The van der Waals surface area contributed by atoms with E-state index in [4.69, 9.17) is 4.74 Å². The first-order valence-electron chi connectivity index (χ1n) is 10.3. The molecule has 0 atom stereocenters. The zero-order valence-electron chi connectivity index (χ0n) is 18.7. The molecule has 0 aliphatic heterocycles. The highest BCUT2D eigenvalue weighted by Gasteiger charge is 2.19. The number of rotatable bonds is 8. The Morgan fingerprint density at radius 2 is 1.56 bits per heavy atom. The summed E-state index contributed by atoms with van der Waals surface area (Å²) in [6.07, 6.45) is 0.654. The van der Waals surface area contributed by atoms with E-state index in [9.17, 15) is 13.2 Å². The topological polar surface area (TPSA) is 84.5 Å². The number of amides is 1. The summed E-state index contributed by atoms with van der Waals surface area (Å²) in [7, 11) is -2.23. The maximum absolute atomic E-state index is 13.0. The first kappa shape index (κ1) is 23.3. The van der Waals surface area contributed by atoms with Crippen LogP contribution in [0, 0.1) is 20.8 Å². The van der Waals surface area contributed by atoms with Gasteiger partial charge in [0, 0.05) is 17.8 Å². The van der Waals surface area contributed by atoms with Crippen LogP contribution in [0.3, 0.4) is 0 Å². The molecule has 0 aliphatic rings. The van der Waals surface area contributed by atoms with Crippen molar-refractivity contribution in [2.45, 2.75) is 32.1 Å². The van der Waals surface area contributed by atoms with Gasteiger partial charge in [-0.15, -0.1) is 0 Å². The quantitative estimate of drug-likeness (QED) is 0.531. The fraction of sp³-hybridized carbons (Fsp3) is 0.240.